The van der Waals surface area contributed by atoms with Crippen molar-refractivity contribution >= 4 is 21.6 Å². The van der Waals surface area contributed by atoms with Crippen molar-refractivity contribution in [3.05, 3.63) is 18.2 Å². The van der Waals surface area contributed by atoms with Crippen LogP contribution in [0.5, 0.6) is 11.5 Å². The molecule has 0 saturated heterocycles. The van der Waals surface area contributed by atoms with Crippen LogP contribution >= 0.6 is 0 Å². The van der Waals surface area contributed by atoms with Crippen LogP contribution in [0.4, 0.5) is 5.69 Å². The molecule has 0 aromatic heterocycles. The van der Waals surface area contributed by atoms with Crippen LogP contribution in [-0.2, 0) is 14.8 Å². The molecule has 0 spiro atoms. The van der Waals surface area contributed by atoms with Crippen LogP contribution in [0, 0.1) is 0 Å². The van der Waals surface area contributed by atoms with Crippen LogP contribution in [0.2, 0.25) is 0 Å². The van der Waals surface area contributed by atoms with Crippen LogP contribution in [0.25, 0.3) is 0 Å². The number of carbonyl (C=O) groups excluding carboxylic acids is 1. The Kier molecular flexibility index (Phi) is 7.14. The molecule has 146 valence electrons. The Morgan fingerprint density at radius 2 is 1.81 bits per heavy atom. The first kappa shape index (κ1) is 20.4. The highest BCUT2D eigenvalue weighted by molar-refractivity contribution is 7.92. The third-order valence-electron chi connectivity index (χ3n) is 4.57. The molecule has 0 atom stereocenters. The second-order valence-electron chi connectivity index (χ2n) is 6.53. The summed E-state index contributed by atoms with van der Waals surface area (Å²) in [5.41, 5.74) is 0.440. The summed E-state index contributed by atoms with van der Waals surface area (Å²) < 4.78 is 36.1. The van der Waals surface area contributed by atoms with Gasteiger partial charge in [0, 0.05) is 25.1 Å². The second-order valence-corrected chi connectivity index (χ2v) is 8.43. The molecule has 1 amide bonds. The van der Waals surface area contributed by atoms with Crippen LogP contribution in [0.1, 0.15) is 38.5 Å². The van der Waals surface area contributed by atoms with Crippen LogP contribution in [0.15, 0.2) is 18.2 Å². The number of ether oxygens (including phenoxy) is 2. The SMILES string of the molecule is COc1ccc(N(CCC(=O)NC2CCCCC2)S(C)(=O)=O)cc1OC. The van der Waals surface area contributed by atoms with Crippen LogP contribution in [0.3, 0.4) is 0 Å². The highest BCUT2D eigenvalue weighted by atomic mass is 32.2. The van der Waals surface area contributed by atoms with Gasteiger partial charge < -0.3 is 14.8 Å². The molecule has 1 aromatic carbocycles. The van der Waals surface area contributed by atoms with E-state index in [4.69, 9.17) is 9.47 Å². The van der Waals surface area contributed by atoms with E-state index in [0.29, 0.717) is 17.2 Å². The molecular weight excluding hydrogens is 356 g/mol. The summed E-state index contributed by atoms with van der Waals surface area (Å²) in [6.45, 7) is 0.0763. The van der Waals surface area contributed by atoms with Gasteiger partial charge in [0.2, 0.25) is 15.9 Å². The second kappa shape index (κ2) is 9.12. The lowest BCUT2D eigenvalue weighted by molar-refractivity contribution is -0.121. The lowest BCUT2D eigenvalue weighted by Crippen LogP contribution is -2.39. The zero-order valence-electron chi connectivity index (χ0n) is 15.7. The molecule has 7 nitrogen and oxygen atoms in total. The number of nitrogens with one attached hydrogen (secondary N) is 1. The minimum atomic E-state index is -3.53. The van der Waals surface area contributed by atoms with Crippen molar-refractivity contribution in [2.75, 3.05) is 31.3 Å². The molecule has 1 aliphatic rings. The normalized spacial score (nSPS) is 15.3. The third kappa shape index (κ3) is 5.52. The summed E-state index contributed by atoms with van der Waals surface area (Å²) in [7, 11) is -0.529. The van der Waals surface area contributed by atoms with E-state index in [2.05, 4.69) is 5.32 Å². The number of benzene rings is 1. The molecule has 8 heteroatoms. The molecular formula is C18H28N2O5S. The van der Waals surface area contributed by atoms with Crippen LogP contribution in [-0.4, -0.2) is 47.4 Å². The van der Waals surface area contributed by atoms with Crippen molar-refractivity contribution in [1.82, 2.24) is 5.32 Å². The third-order valence-corrected chi connectivity index (χ3v) is 5.76. The van der Waals surface area contributed by atoms with E-state index in [1.807, 2.05) is 0 Å². The Morgan fingerprint density at radius 3 is 2.38 bits per heavy atom. The molecule has 1 fully saturated rings. The molecule has 1 aromatic rings. The summed E-state index contributed by atoms with van der Waals surface area (Å²) >= 11 is 0. The van der Waals surface area contributed by atoms with Gasteiger partial charge in [0.25, 0.3) is 0 Å². The lowest BCUT2D eigenvalue weighted by Gasteiger charge is -2.25. The molecule has 2 rings (SSSR count). The number of hydrogen-bond acceptors (Lipinski definition) is 5. The van der Waals surface area contributed by atoms with Crippen molar-refractivity contribution < 1.29 is 22.7 Å². The Morgan fingerprint density at radius 1 is 1.15 bits per heavy atom. The molecule has 1 saturated carbocycles. The Hall–Kier alpha value is -1.96. The molecule has 1 N–H and O–H groups in total. The highest BCUT2D eigenvalue weighted by Gasteiger charge is 2.21. The lowest BCUT2D eigenvalue weighted by atomic mass is 9.95. The number of carbonyl (C=O) groups is 1. The Bertz CT molecular complexity index is 714. The summed E-state index contributed by atoms with van der Waals surface area (Å²) in [6, 6.07) is 5.10. The van der Waals surface area contributed by atoms with Crippen molar-refractivity contribution in [3.8, 4) is 11.5 Å². The maximum atomic E-state index is 12.2. The Balaban J connectivity index is 2.07. The van der Waals surface area contributed by atoms with E-state index >= 15 is 0 Å². The van der Waals surface area contributed by atoms with Crippen molar-refractivity contribution in [2.45, 2.75) is 44.6 Å². The number of methoxy groups -OCH3 is 2. The van der Waals surface area contributed by atoms with E-state index in [9.17, 15) is 13.2 Å². The van der Waals surface area contributed by atoms with Gasteiger partial charge >= 0.3 is 0 Å². The summed E-state index contributed by atoms with van der Waals surface area (Å²) in [5.74, 6) is 0.830. The average molecular weight is 384 g/mol. The van der Waals surface area contributed by atoms with E-state index in [-0.39, 0.29) is 24.9 Å². The van der Waals surface area contributed by atoms with Gasteiger partial charge in [-0.3, -0.25) is 9.10 Å². The number of anilines is 1. The minimum Gasteiger partial charge on any atom is -0.493 e. The minimum absolute atomic E-state index is 0.0763. The molecule has 0 aliphatic heterocycles. The molecule has 1 aliphatic carbocycles. The van der Waals surface area contributed by atoms with Gasteiger partial charge in [-0.15, -0.1) is 0 Å². The number of amides is 1. The summed E-state index contributed by atoms with van der Waals surface area (Å²) in [6.07, 6.45) is 6.71. The smallest absolute Gasteiger partial charge is 0.232 e. The molecule has 0 heterocycles. The van der Waals surface area contributed by atoms with Gasteiger partial charge in [-0.25, -0.2) is 8.42 Å². The van der Waals surface area contributed by atoms with E-state index in [0.717, 1.165) is 31.9 Å². The summed E-state index contributed by atoms with van der Waals surface area (Å²) in [5, 5.41) is 3.01. The number of hydrogen-bond donors (Lipinski definition) is 1. The largest absolute Gasteiger partial charge is 0.493 e. The van der Waals surface area contributed by atoms with Gasteiger partial charge in [0.15, 0.2) is 11.5 Å². The molecule has 0 radical (unpaired) electrons. The van der Waals surface area contributed by atoms with Gasteiger partial charge in [-0.2, -0.15) is 0 Å². The molecule has 26 heavy (non-hydrogen) atoms. The number of nitrogens with zero attached hydrogens (tertiary/aromatic N) is 1. The quantitative estimate of drug-likeness (QED) is 0.743. The highest BCUT2D eigenvalue weighted by Crippen LogP contribution is 2.32. The predicted octanol–water partition coefficient (Wildman–Crippen LogP) is 2.31. The van der Waals surface area contributed by atoms with E-state index in [1.54, 1.807) is 18.2 Å². The predicted molar refractivity (Wildman–Crippen MR) is 101 cm³/mol. The average Bonchev–Trinajstić information content (AvgIpc) is 2.61. The van der Waals surface area contributed by atoms with Crippen molar-refractivity contribution in [2.24, 2.45) is 0 Å². The fraction of sp³-hybridized carbons (Fsp3) is 0.611. The fourth-order valence-electron chi connectivity index (χ4n) is 3.22. The zero-order chi connectivity index (χ0) is 19.2. The standard InChI is InChI=1S/C18H28N2O5S/c1-24-16-10-9-15(13-17(16)25-2)20(26(3,22)23)12-11-18(21)19-14-7-5-4-6-8-14/h9-10,13-14H,4-8,11-12H2,1-3H3,(H,19,21). The first-order valence-electron chi connectivity index (χ1n) is 8.84. The van der Waals surface area contributed by atoms with Crippen molar-refractivity contribution in [3.63, 3.8) is 0 Å². The first-order valence-corrected chi connectivity index (χ1v) is 10.7. The van der Waals surface area contributed by atoms with Gasteiger partial charge in [0.05, 0.1) is 26.2 Å². The molecule has 0 bridgehead atoms. The van der Waals surface area contributed by atoms with Gasteiger partial charge in [0.1, 0.15) is 0 Å². The maximum Gasteiger partial charge on any atom is 0.232 e. The fourth-order valence-corrected chi connectivity index (χ4v) is 4.14. The number of rotatable bonds is 8. The number of sulfonamides is 1. The monoisotopic (exact) mass is 384 g/mol. The van der Waals surface area contributed by atoms with Crippen LogP contribution < -0.4 is 19.1 Å². The van der Waals surface area contributed by atoms with E-state index in [1.165, 1.54) is 24.9 Å². The maximum absolute atomic E-state index is 12.2. The molecule has 0 unspecified atom stereocenters. The summed E-state index contributed by atoms with van der Waals surface area (Å²) in [4.78, 5) is 12.2. The Labute approximate surface area is 155 Å². The topological polar surface area (TPSA) is 84.9 Å². The first-order chi connectivity index (χ1) is 12.3. The zero-order valence-corrected chi connectivity index (χ0v) is 16.5. The van der Waals surface area contributed by atoms with E-state index < -0.39 is 10.0 Å². The van der Waals surface area contributed by atoms with Gasteiger partial charge in [-0.05, 0) is 25.0 Å². The van der Waals surface area contributed by atoms with Crippen molar-refractivity contribution in [1.29, 1.82) is 0 Å². The van der Waals surface area contributed by atoms with Gasteiger partial charge in [-0.1, -0.05) is 19.3 Å².